The third kappa shape index (κ3) is 4.03. The van der Waals surface area contributed by atoms with Crippen LogP contribution in [0.2, 0.25) is 0 Å². The number of hydrogen-bond acceptors (Lipinski definition) is 2. The summed E-state index contributed by atoms with van der Waals surface area (Å²) in [5.41, 5.74) is 11.8. The lowest BCUT2D eigenvalue weighted by Crippen LogP contribution is -2.52. The van der Waals surface area contributed by atoms with Gasteiger partial charge in [0.2, 0.25) is 0 Å². The van der Waals surface area contributed by atoms with Crippen molar-refractivity contribution < 1.29 is 4.79 Å². The Morgan fingerprint density at radius 3 is 2.28 bits per heavy atom. The Hall–Kier alpha value is -3.59. The molecule has 4 aliphatic rings. The Balaban J connectivity index is 1.15. The van der Waals surface area contributed by atoms with E-state index >= 15 is 0 Å². The monoisotopic (exact) mass is 568 g/mol. The van der Waals surface area contributed by atoms with Gasteiger partial charge in [-0.1, -0.05) is 93.4 Å². The maximum Gasteiger partial charge on any atom is 0.251 e. The van der Waals surface area contributed by atoms with E-state index in [1.807, 2.05) is 6.07 Å². The Labute approximate surface area is 255 Å². The fraction of sp³-hybridized carbons (Fsp3) is 0.425. The van der Waals surface area contributed by atoms with Crippen LogP contribution in [0, 0.1) is 34.5 Å². The first kappa shape index (κ1) is 27.0. The molecule has 3 N–H and O–H groups in total. The first-order valence-corrected chi connectivity index (χ1v) is 16.7. The van der Waals surface area contributed by atoms with E-state index in [4.69, 9.17) is 5.73 Å². The summed E-state index contributed by atoms with van der Waals surface area (Å²) in [6, 6.07) is 25.1. The van der Waals surface area contributed by atoms with Crippen LogP contribution in [0.4, 0.5) is 11.4 Å². The molecule has 8 rings (SSSR count). The highest BCUT2D eigenvalue weighted by Gasteiger charge is 2.58. The number of nitrogens with two attached hydrogens (primary N) is 1. The van der Waals surface area contributed by atoms with Gasteiger partial charge in [-0.05, 0) is 108 Å². The number of rotatable bonds is 3. The van der Waals surface area contributed by atoms with Crippen LogP contribution in [-0.4, -0.2) is 5.91 Å². The van der Waals surface area contributed by atoms with Crippen LogP contribution in [0.1, 0.15) is 71.6 Å². The van der Waals surface area contributed by atoms with E-state index in [1.54, 1.807) is 0 Å². The molecular weight excluding hydrogens is 524 g/mol. The highest BCUT2D eigenvalue weighted by molar-refractivity contribution is 6.16. The quantitative estimate of drug-likeness (QED) is 0.242. The topological polar surface area (TPSA) is 55.1 Å². The number of nitrogens with one attached hydrogen (secondary N) is 1. The second-order valence-corrected chi connectivity index (χ2v) is 14.6. The van der Waals surface area contributed by atoms with E-state index < -0.39 is 0 Å². The van der Waals surface area contributed by atoms with Crippen LogP contribution < -0.4 is 11.1 Å². The summed E-state index contributed by atoms with van der Waals surface area (Å²) in [6.07, 6.45) is 14.2. The zero-order valence-electron chi connectivity index (χ0n) is 25.7. The SMILES string of the molecule is C[C@]12CCCC[C@@H]1CC[C@@H]1[C@@H]2CC[C@]2(C)C(C(=O)Nc3ccc4ccccc4c3-c3c(N)ccc4ccccc34)=CC[C@@H]12. The number of amides is 1. The summed E-state index contributed by atoms with van der Waals surface area (Å²) < 4.78 is 0. The molecule has 3 saturated carbocycles. The molecule has 4 aromatic rings. The molecule has 3 heteroatoms. The maximum atomic E-state index is 14.4. The number of carbonyl (C=O) groups is 1. The molecule has 3 nitrogen and oxygen atoms in total. The molecule has 220 valence electrons. The predicted molar refractivity (Wildman–Crippen MR) is 180 cm³/mol. The smallest absolute Gasteiger partial charge is 0.251 e. The maximum absolute atomic E-state index is 14.4. The van der Waals surface area contributed by atoms with E-state index in [1.165, 1.54) is 44.9 Å². The van der Waals surface area contributed by atoms with Gasteiger partial charge in [0.25, 0.3) is 5.91 Å². The van der Waals surface area contributed by atoms with Gasteiger partial charge in [-0.3, -0.25) is 4.79 Å². The highest BCUT2D eigenvalue weighted by atomic mass is 16.1. The number of nitrogen functional groups attached to an aromatic ring is 1. The lowest BCUT2D eigenvalue weighted by molar-refractivity contribution is -0.118. The van der Waals surface area contributed by atoms with Crippen LogP contribution in [0.5, 0.6) is 0 Å². The number of fused-ring (bicyclic) bond motifs is 7. The lowest BCUT2D eigenvalue weighted by Gasteiger charge is -2.60. The van der Waals surface area contributed by atoms with Gasteiger partial charge in [0.15, 0.2) is 0 Å². The molecule has 6 atom stereocenters. The van der Waals surface area contributed by atoms with Gasteiger partial charge in [0.1, 0.15) is 0 Å². The van der Waals surface area contributed by atoms with Crippen LogP contribution >= 0.6 is 0 Å². The highest BCUT2D eigenvalue weighted by Crippen LogP contribution is 2.66. The van der Waals surface area contributed by atoms with Crippen molar-refractivity contribution in [1.82, 2.24) is 0 Å². The van der Waals surface area contributed by atoms with Crippen LogP contribution in [0.3, 0.4) is 0 Å². The summed E-state index contributed by atoms with van der Waals surface area (Å²) in [5, 5.41) is 7.94. The fourth-order valence-electron chi connectivity index (χ4n) is 10.6. The standard InChI is InChI=1S/C40H44N2O/c1-39-23-8-7-11-27(39)16-17-30-31-18-19-33(40(31,2)24-22-32(30)39)38(43)42-35-21-15-26-10-4-6-13-29(26)37(35)36-28-12-5-3-9-25(28)14-20-34(36)41/h3-6,9-10,12-15,19-21,27,30-32H,7-8,11,16-18,22-24,41H2,1-2H3,(H,42,43)/t27-,30+,31+,32+,39+,40+/m1/s1. The molecule has 0 spiro atoms. The minimum atomic E-state index is -0.0569. The third-order valence-corrected chi connectivity index (χ3v) is 12.8. The van der Waals surface area contributed by atoms with E-state index in [2.05, 4.69) is 92.0 Å². The zero-order chi connectivity index (χ0) is 29.3. The molecule has 4 aromatic carbocycles. The summed E-state index contributed by atoms with van der Waals surface area (Å²) in [5.74, 6) is 3.12. The normalized spacial score (nSPS) is 31.6. The van der Waals surface area contributed by atoms with Crippen molar-refractivity contribution in [1.29, 1.82) is 0 Å². The van der Waals surface area contributed by atoms with Crippen molar-refractivity contribution in [2.24, 2.45) is 34.5 Å². The molecule has 4 aliphatic carbocycles. The van der Waals surface area contributed by atoms with Crippen LogP contribution in [0.25, 0.3) is 32.7 Å². The van der Waals surface area contributed by atoms with Gasteiger partial charge in [-0.15, -0.1) is 0 Å². The second-order valence-electron chi connectivity index (χ2n) is 14.6. The molecule has 0 heterocycles. The number of carbonyl (C=O) groups excluding carboxylic acids is 1. The molecule has 0 bridgehead atoms. The van der Waals surface area contributed by atoms with Crippen molar-refractivity contribution in [2.45, 2.75) is 71.6 Å². The number of benzene rings is 4. The van der Waals surface area contributed by atoms with E-state index in [9.17, 15) is 4.79 Å². The summed E-state index contributed by atoms with van der Waals surface area (Å²) in [6.45, 7) is 5.04. The molecule has 0 unspecified atom stereocenters. The van der Waals surface area contributed by atoms with Gasteiger partial charge < -0.3 is 11.1 Å². The molecule has 0 aliphatic heterocycles. The van der Waals surface area contributed by atoms with Gasteiger partial charge in [0, 0.05) is 33.5 Å². The number of allylic oxidation sites excluding steroid dienone is 1. The van der Waals surface area contributed by atoms with E-state index in [-0.39, 0.29) is 11.3 Å². The lowest BCUT2D eigenvalue weighted by atomic mass is 9.45. The average molecular weight is 569 g/mol. The van der Waals surface area contributed by atoms with Crippen molar-refractivity contribution >= 4 is 38.8 Å². The van der Waals surface area contributed by atoms with E-state index in [0.717, 1.165) is 80.2 Å². The molecular formula is C40H44N2O. The fourth-order valence-corrected chi connectivity index (χ4v) is 10.6. The average Bonchev–Trinajstić information content (AvgIpc) is 3.38. The second kappa shape index (κ2) is 9.97. The van der Waals surface area contributed by atoms with Crippen molar-refractivity contribution in [2.75, 3.05) is 11.1 Å². The number of anilines is 2. The van der Waals surface area contributed by atoms with Crippen LogP contribution in [0.15, 0.2) is 84.4 Å². The summed E-state index contributed by atoms with van der Waals surface area (Å²) >= 11 is 0. The van der Waals surface area contributed by atoms with Gasteiger partial charge in [0.05, 0.1) is 0 Å². The number of hydrogen-bond donors (Lipinski definition) is 2. The summed E-state index contributed by atoms with van der Waals surface area (Å²) in [7, 11) is 0. The molecule has 0 saturated heterocycles. The Morgan fingerprint density at radius 2 is 1.49 bits per heavy atom. The molecule has 1 amide bonds. The first-order valence-electron chi connectivity index (χ1n) is 16.7. The zero-order valence-corrected chi connectivity index (χ0v) is 25.7. The van der Waals surface area contributed by atoms with Crippen molar-refractivity contribution in [3.63, 3.8) is 0 Å². The Morgan fingerprint density at radius 1 is 0.767 bits per heavy atom. The minimum absolute atomic E-state index is 0.0569. The van der Waals surface area contributed by atoms with Gasteiger partial charge in [-0.2, -0.15) is 0 Å². The van der Waals surface area contributed by atoms with Crippen LogP contribution in [-0.2, 0) is 4.79 Å². The first-order chi connectivity index (χ1) is 20.9. The largest absolute Gasteiger partial charge is 0.398 e. The minimum Gasteiger partial charge on any atom is -0.398 e. The Kier molecular flexibility index (Phi) is 6.26. The third-order valence-electron chi connectivity index (χ3n) is 12.8. The molecule has 0 radical (unpaired) electrons. The predicted octanol–water partition coefficient (Wildman–Crippen LogP) is 10.1. The Bertz CT molecular complexity index is 1790. The van der Waals surface area contributed by atoms with Crippen molar-refractivity contribution in [3.05, 3.63) is 84.4 Å². The van der Waals surface area contributed by atoms with Gasteiger partial charge >= 0.3 is 0 Å². The molecule has 43 heavy (non-hydrogen) atoms. The van der Waals surface area contributed by atoms with Crippen molar-refractivity contribution in [3.8, 4) is 11.1 Å². The van der Waals surface area contributed by atoms with Gasteiger partial charge in [-0.25, -0.2) is 0 Å². The molecule has 3 fully saturated rings. The molecule has 0 aromatic heterocycles. The summed E-state index contributed by atoms with van der Waals surface area (Å²) in [4.78, 5) is 14.4. The van der Waals surface area contributed by atoms with E-state index in [0.29, 0.717) is 11.3 Å².